The first-order valence-electron chi connectivity index (χ1n) is 3.92. The van der Waals surface area contributed by atoms with Gasteiger partial charge in [-0.2, -0.15) is 0 Å². The molecule has 1 amide bonds. The van der Waals surface area contributed by atoms with Crippen molar-refractivity contribution in [1.82, 2.24) is 10.6 Å². The van der Waals surface area contributed by atoms with Gasteiger partial charge >= 0.3 is 5.97 Å². The van der Waals surface area contributed by atoms with Crippen LogP contribution in [0.25, 0.3) is 0 Å². The molecule has 0 rings (SSSR count). The van der Waals surface area contributed by atoms with Crippen LogP contribution in [0.4, 0.5) is 0 Å². The van der Waals surface area contributed by atoms with Crippen molar-refractivity contribution >= 4 is 11.9 Å². The minimum Gasteiger partial charge on any atom is -0.480 e. The van der Waals surface area contributed by atoms with E-state index in [1.807, 2.05) is 0 Å². The van der Waals surface area contributed by atoms with Crippen LogP contribution < -0.4 is 16.4 Å². The van der Waals surface area contributed by atoms with Gasteiger partial charge in [0.15, 0.2) is 0 Å². The Morgan fingerprint density at radius 2 is 2.08 bits per heavy atom. The monoisotopic (exact) mass is 189 g/mol. The second-order valence-electron chi connectivity index (χ2n) is 2.73. The summed E-state index contributed by atoms with van der Waals surface area (Å²) in [5.41, 5.74) is 5.41. The number of amides is 1. The molecule has 6 heteroatoms. The molecule has 2 atom stereocenters. The first-order valence-corrected chi connectivity index (χ1v) is 3.92. The largest absolute Gasteiger partial charge is 0.480 e. The fourth-order valence-electron chi connectivity index (χ4n) is 0.695. The number of likely N-dealkylation sites (N-methyl/N-ethyl adjacent to an activating group) is 1. The minimum atomic E-state index is -1.08. The van der Waals surface area contributed by atoms with Crippen LogP contribution in [-0.4, -0.2) is 42.7 Å². The SMILES string of the molecule is CNCC(N)C(=O)N[C@H](C)C(=O)O. The number of carboxylic acids is 1. The van der Waals surface area contributed by atoms with Gasteiger partial charge in [0, 0.05) is 6.54 Å². The van der Waals surface area contributed by atoms with Crippen molar-refractivity contribution in [3.63, 3.8) is 0 Å². The van der Waals surface area contributed by atoms with Crippen LogP contribution in [0.3, 0.4) is 0 Å². The molecule has 0 radical (unpaired) electrons. The third kappa shape index (κ3) is 4.44. The predicted octanol–water partition coefficient (Wildman–Crippen LogP) is -1.88. The van der Waals surface area contributed by atoms with E-state index in [-0.39, 0.29) is 0 Å². The molecule has 0 aliphatic rings. The maximum atomic E-state index is 11.1. The summed E-state index contributed by atoms with van der Waals surface area (Å²) in [6, 6.07) is -1.62. The lowest BCUT2D eigenvalue weighted by Crippen LogP contribution is -2.50. The van der Waals surface area contributed by atoms with Gasteiger partial charge in [0.1, 0.15) is 6.04 Å². The van der Waals surface area contributed by atoms with E-state index in [0.717, 1.165) is 0 Å². The summed E-state index contributed by atoms with van der Waals surface area (Å²) in [6.45, 7) is 1.70. The predicted molar refractivity (Wildman–Crippen MR) is 47.1 cm³/mol. The highest BCUT2D eigenvalue weighted by atomic mass is 16.4. The molecule has 0 aromatic rings. The Morgan fingerprint density at radius 1 is 1.54 bits per heavy atom. The minimum absolute atomic E-state index is 0.318. The Balaban J connectivity index is 3.92. The van der Waals surface area contributed by atoms with Gasteiger partial charge in [-0.1, -0.05) is 0 Å². The van der Waals surface area contributed by atoms with Crippen molar-refractivity contribution in [3.8, 4) is 0 Å². The first-order chi connectivity index (χ1) is 5.99. The summed E-state index contributed by atoms with van der Waals surface area (Å²) in [6.07, 6.45) is 0. The van der Waals surface area contributed by atoms with Crippen molar-refractivity contribution in [2.24, 2.45) is 5.73 Å². The van der Waals surface area contributed by atoms with Crippen molar-refractivity contribution in [1.29, 1.82) is 0 Å². The third-order valence-electron chi connectivity index (χ3n) is 1.49. The Kier molecular flexibility index (Phi) is 5.01. The number of carboxylic acid groups (broad SMARTS) is 1. The average Bonchev–Trinajstić information content (AvgIpc) is 2.04. The molecule has 0 fully saturated rings. The number of carbonyl (C=O) groups excluding carboxylic acids is 1. The lowest BCUT2D eigenvalue weighted by atomic mass is 10.2. The van der Waals surface area contributed by atoms with E-state index in [9.17, 15) is 9.59 Å². The van der Waals surface area contributed by atoms with E-state index < -0.39 is 24.0 Å². The van der Waals surface area contributed by atoms with Gasteiger partial charge in [-0.3, -0.25) is 9.59 Å². The van der Waals surface area contributed by atoms with E-state index in [1.54, 1.807) is 7.05 Å². The van der Waals surface area contributed by atoms with Gasteiger partial charge in [0.25, 0.3) is 0 Å². The lowest BCUT2D eigenvalue weighted by Gasteiger charge is -2.13. The lowest BCUT2D eigenvalue weighted by molar-refractivity contribution is -0.141. The zero-order valence-corrected chi connectivity index (χ0v) is 7.70. The fourth-order valence-corrected chi connectivity index (χ4v) is 0.695. The molecule has 6 nitrogen and oxygen atoms in total. The van der Waals surface area contributed by atoms with Crippen molar-refractivity contribution in [2.75, 3.05) is 13.6 Å². The second kappa shape index (κ2) is 5.50. The van der Waals surface area contributed by atoms with E-state index in [4.69, 9.17) is 10.8 Å². The average molecular weight is 189 g/mol. The van der Waals surface area contributed by atoms with Gasteiger partial charge in [-0.25, -0.2) is 0 Å². The molecule has 0 aromatic heterocycles. The summed E-state index contributed by atoms with van der Waals surface area (Å²) >= 11 is 0. The van der Waals surface area contributed by atoms with Gasteiger partial charge in [-0.05, 0) is 14.0 Å². The molecule has 0 heterocycles. The van der Waals surface area contributed by atoms with Crippen LogP contribution in [0.15, 0.2) is 0 Å². The molecule has 0 aliphatic carbocycles. The highest BCUT2D eigenvalue weighted by Crippen LogP contribution is 1.83. The number of rotatable bonds is 5. The number of nitrogens with two attached hydrogens (primary N) is 1. The van der Waals surface area contributed by atoms with Crippen LogP contribution in [0.1, 0.15) is 6.92 Å². The summed E-state index contributed by atoms with van der Waals surface area (Å²) in [7, 11) is 1.66. The van der Waals surface area contributed by atoms with Crippen molar-refractivity contribution in [3.05, 3.63) is 0 Å². The van der Waals surface area contributed by atoms with Crippen LogP contribution in [0.5, 0.6) is 0 Å². The van der Waals surface area contributed by atoms with Crippen LogP contribution >= 0.6 is 0 Å². The summed E-state index contributed by atoms with van der Waals surface area (Å²) in [4.78, 5) is 21.5. The number of aliphatic carboxylic acids is 1. The Labute approximate surface area is 76.5 Å². The first kappa shape index (κ1) is 11.9. The Morgan fingerprint density at radius 3 is 2.46 bits per heavy atom. The Bertz CT molecular complexity index is 195. The molecule has 1 unspecified atom stereocenters. The van der Waals surface area contributed by atoms with Crippen LogP contribution in [0.2, 0.25) is 0 Å². The molecule has 0 aromatic carbocycles. The van der Waals surface area contributed by atoms with Crippen LogP contribution in [0, 0.1) is 0 Å². The molecule has 0 aliphatic heterocycles. The molecular weight excluding hydrogens is 174 g/mol. The number of hydrogen-bond donors (Lipinski definition) is 4. The van der Waals surface area contributed by atoms with E-state index in [2.05, 4.69) is 10.6 Å². The molecular formula is C7H15N3O3. The molecule has 76 valence electrons. The topological polar surface area (TPSA) is 104 Å². The zero-order valence-electron chi connectivity index (χ0n) is 7.70. The van der Waals surface area contributed by atoms with Crippen molar-refractivity contribution < 1.29 is 14.7 Å². The van der Waals surface area contributed by atoms with E-state index in [1.165, 1.54) is 6.92 Å². The van der Waals surface area contributed by atoms with E-state index in [0.29, 0.717) is 6.54 Å². The molecule has 5 N–H and O–H groups in total. The van der Waals surface area contributed by atoms with Gasteiger partial charge in [0.2, 0.25) is 5.91 Å². The second-order valence-corrected chi connectivity index (χ2v) is 2.73. The van der Waals surface area contributed by atoms with Gasteiger partial charge in [-0.15, -0.1) is 0 Å². The maximum Gasteiger partial charge on any atom is 0.325 e. The number of nitrogens with one attached hydrogen (secondary N) is 2. The molecule has 0 saturated heterocycles. The summed E-state index contributed by atoms with van der Waals surface area (Å²) in [5, 5.41) is 13.4. The smallest absolute Gasteiger partial charge is 0.325 e. The Hall–Kier alpha value is -1.14. The fraction of sp³-hybridized carbons (Fsp3) is 0.714. The zero-order chi connectivity index (χ0) is 10.4. The highest BCUT2D eigenvalue weighted by molar-refractivity contribution is 5.86. The van der Waals surface area contributed by atoms with Gasteiger partial charge in [0.05, 0.1) is 6.04 Å². The summed E-state index contributed by atoms with van der Waals surface area (Å²) in [5.74, 6) is -1.55. The molecule has 0 spiro atoms. The highest BCUT2D eigenvalue weighted by Gasteiger charge is 2.18. The number of carbonyl (C=O) groups is 2. The quantitative estimate of drug-likeness (QED) is 0.405. The van der Waals surface area contributed by atoms with E-state index >= 15 is 0 Å². The van der Waals surface area contributed by atoms with Crippen LogP contribution in [-0.2, 0) is 9.59 Å². The standard InChI is InChI=1S/C7H15N3O3/c1-4(7(12)13)10-6(11)5(8)3-9-2/h4-5,9H,3,8H2,1-2H3,(H,10,11)(H,12,13)/t4-,5?/m1/s1. The normalized spacial score (nSPS) is 14.7. The van der Waals surface area contributed by atoms with Crippen molar-refractivity contribution in [2.45, 2.75) is 19.0 Å². The number of hydrogen-bond acceptors (Lipinski definition) is 4. The molecule has 13 heavy (non-hydrogen) atoms. The third-order valence-corrected chi connectivity index (χ3v) is 1.49. The summed E-state index contributed by atoms with van der Waals surface area (Å²) < 4.78 is 0. The maximum absolute atomic E-state index is 11.1. The molecule has 0 bridgehead atoms. The molecule has 0 saturated carbocycles. The van der Waals surface area contributed by atoms with Gasteiger partial charge < -0.3 is 21.5 Å².